The lowest BCUT2D eigenvalue weighted by molar-refractivity contribution is -0.124. The van der Waals surface area contributed by atoms with Gasteiger partial charge in [0.2, 0.25) is 5.91 Å². The van der Waals surface area contributed by atoms with E-state index >= 15 is 0 Å². The molecule has 3 N–H and O–H groups in total. The summed E-state index contributed by atoms with van der Waals surface area (Å²) in [5, 5.41) is 2.82. The topological polar surface area (TPSA) is 55.1 Å². The maximum Gasteiger partial charge on any atom is 0.220 e. The molecule has 0 atom stereocenters. The minimum Gasteiger partial charge on any atom is -0.352 e. The Morgan fingerprint density at radius 2 is 2.22 bits per heavy atom. The van der Waals surface area contributed by atoms with Crippen LogP contribution < -0.4 is 11.1 Å². The largest absolute Gasteiger partial charge is 0.352 e. The fourth-order valence-electron chi connectivity index (χ4n) is 2.38. The lowest BCUT2D eigenvalue weighted by Crippen LogP contribution is -2.41. The molecule has 3 nitrogen and oxygen atoms in total. The number of nitrogens with two attached hydrogens (primary N) is 1. The van der Waals surface area contributed by atoms with Gasteiger partial charge in [0.25, 0.3) is 0 Å². The van der Waals surface area contributed by atoms with Crippen LogP contribution in [-0.2, 0) is 11.3 Å². The molecular formula is C14H19FN2O. The van der Waals surface area contributed by atoms with Crippen molar-refractivity contribution in [1.29, 1.82) is 0 Å². The molecule has 0 bridgehead atoms. The minimum atomic E-state index is -0.279. The Morgan fingerprint density at radius 1 is 1.44 bits per heavy atom. The maximum atomic E-state index is 13.0. The molecule has 0 radical (unpaired) electrons. The second kappa shape index (κ2) is 5.48. The number of halogens is 1. The van der Waals surface area contributed by atoms with Crippen molar-refractivity contribution in [3.63, 3.8) is 0 Å². The standard InChI is InChI=1S/C14H19FN2O/c15-12-4-1-3-11(7-12)9-17-13(18)8-14(10-16)5-2-6-14/h1,3-4,7H,2,5-6,8-10,16H2,(H,17,18). The van der Waals surface area contributed by atoms with E-state index in [1.807, 2.05) is 0 Å². The molecular weight excluding hydrogens is 231 g/mol. The van der Waals surface area contributed by atoms with Crippen molar-refractivity contribution in [2.75, 3.05) is 6.54 Å². The highest BCUT2D eigenvalue weighted by molar-refractivity contribution is 5.76. The van der Waals surface area contributed by atoms with Crippen LogP contribution in [0.2, 0.25) is 0 Å². The molecule has 0 saturated heterocycles. The molecule has 1 fully saturated rings. The van der Waals surface area contributed by atoms with E-state index in [-0.39, 0.29) is 17.1 Å². The van der Waals surface area contributed by atoms with Crippen LogP contribution >= 0.6 is 0 Å². The molecule has 0 heterocycles. The van der Waals surface area contributed by atoms with Crippen LogP contribution in [0.1, 0.15) is 31.2 Å². The number of nitrogens with one attached hydrogen (secondary N) is 1. The molecule has 4 heteroatoms. The SMILES string of the molecule is NCC1(CC(=O)NCc2cccc(F)c2)CCC1. The average Bonchev–Trinajstić information content (AvgIpc) is 2.31. The molecule has 1 saturated carbocycles. The van der Waals surface area contributed by atoms with Gasteiger partial charge in [-0.25, -0.2) is 4.39 Å². The zero-order chi connectivity index (χ0) is 13.0. The van der Waals surface area contributed by atoms with E-state index in [0.29, 0.717) is 19.5 Å². The Balaban J connectivity index is 1.81. The van der Waals surface area contributed by atoms with E-state index in [1.165, 1.54) is 12.1 Å². The van der Waals surface area contributed by atoms with Crippen LogP contribution in [0.4, 0.5) is 4.39 Å². The third-order valence-electron chi connectivity index (χ3n) is 3.76. The summed E-state index contributed by atoms with van der Waals surface area (Å²) in [6.45, 7) is 0.942. The van der Waals surface area contributed by atoms with Gasteiger partial charge in [-0.15, -0.1) is 0 Å². The third-order valence-corrected chi connectivity index (χ3v) is 3.76. The summed E-state index contributed by atoms with van der Waals surface area (Å²) in [5.41, 5.74) is 6.51. The normalized spacial score (nSPS) is 17.0. The van der Waals surface area contributed by atoms with Crippen molar-refractivity contribution in [3.05, 3.63) is 35.6 Å². The first-order valence-electron chi connectivity index (χ1n) is 6.35. The summed E-state index contributed by atoms with van der Waals surface area (Å²) < 4.78 is 13.0. The van der Waals surface area contributed by atoms with Crippen LogP contribution in [0.5, 0.6) is 0 Å². The molecule has 98 valence electrons. The van der Waals surface area contributed by atoms with Gasteiger partial charge in [-0.3, -0.25) is 4.79 Å². The third kappa shape index (κ3) is 3.07. The monoisotopic (exact) mass is 250 g/mol. The summed E-state index contributed by atoms with van der Waals surface area (Å²) in [4.78, 5) is 11.8. The molecule has 0 unspecified atom stereocenters. The lowest BCUT2D eigenvalue weighted by atomic mass is 9.66. The number of amides is 1. The van der Waals surface area contributed by atoms with E-state index < -0.39 is 0 Å². The number of carbonyl (C=O) groups is 1. The van der Waals surface area contributed by atoms with Crippen LogP contribution in [0, 0.1) is 11.2 Å². The molecule has 1 amide bonds. The van der Waals surface area contributed by atoms with E-state index in [2.05, 4.69) is 5.32 Å². The average molecular weight is 250 g/mol. The maximum absolute atomic E-state index is 13.0. The van der Waals surface area contributed by atoms with Crippen molar-refractivity contribution in [3.8, 4) is 0 Å². The molecule has 0 aromatic heterocycles. The summed E-state index contributed by atoms with van der Waals surface area (Å²) >= 11 is 0. The van der Waals surface area contributed by atoms with E-state index in [0.717, 1.165) is 24.8 Å². The Kier molecular flexibility index (Phi) is 3.97. The lowest BCUT2D eigenvalue weighted by Gasteiger charge is -2.40. The zero-order valence-electron chi connectivity index (χ0n) is 10.4. The minimum absolute atomic E-state index is 0.00408. The summed E-state index contributed by atoms with van der Waals surface area (Å²) in [6.07, 6.45) is 3.72. The highest BCUT2D eigenvalue weighted by atomic mass is 19.1. The Morgan fingerprint density at radius 3 is 2.78 bits per heavy atom. The fraction of sp³-hybridized carbons (Fsp3) is 0.500. The molecule has 1 aromatic carbocycles. The van der Waals surface area contributed by atoms with Gasteiger partial charge in [0.15, 0.2) is 0 Å². The van der Waals surface area contributed by atoms with Crippen LogP contribution in [0.3, 0.4) is 0 Å². The first-order chi connectivity index (χ1) is 8.63. The fourth-order valence-corrected chi connectivity index (χ4v) is 2.38. The van der Waals surface area contributed by atoms with Crippen molar-refractivity contribution < 1.29 is 9.18 Å². The number of hydrogen-bond acceptors (Lipinski definition) is 2. The van der Waals surface area contributed by atoms with Gasteiger partial charge in [0, 0.05) is 13.0 Å². The number of rotatable bonds is 5. The molecule has 1 aliphatic carbocycles. The van der Waals surface area contributed by atoms with Gasteiger partial charge < -0.3 is 11.1 Å². The van der Waals surface area contributed by atoms with Gasteiger partial charge in [-0.2, -0.15) is 0 Å². The van der Waals surface area contributed by atoms with E-state index in [9.17, 15) is 9.18 Å². The summed E-state index contributed by atoms with van der Waals surface area (Å²) in [7, 11) is 0. The Hall–Kier alpha value is -1.42. The summed E-state index contributed by atoms with van der Waals surface area (Å²) in [6, 6.07) is 6.26. The zero-order valence-corrected chi connectivity index (χ0v) is 10.4. The highest BCUT2D eigenvalue weighted by Gasteiger charge is 2.37. The van der Waals surface area contributed by atoms with Gasteiger partial charge in [0.05, 0.1) is 0 Å². The predicted octanol–water partition coefficient (Wildman–Crippen LogP) is 1.96. The highest BCUT2D eigenvalue weighted by Crippen LogP contribution is 2.42. The van der Waals surface area contributed by atoms with Crippen molar-refractivity contribution >= 4 is 5.91 Å². The van der Waals surface area contributed by atoms with E-state index in [4.69, 9.17) is 5.73 Å². The number of carbonyl (C=O) groups excluding carboxylic acids is 1. The van der Waals surface area contributed by atoms with Crippen LogP contribution in [0.15, 0.2) is 24.3 Å². The second-order valence-electron chi connectivity index (χ2n) is 5.14. The van der Waals surface area contributed by atoms with Gasteiger partial charge >= 0.3 is 0 Å². The van der Waals surface area contributed by atoms with Gasteiger partial charge in [-0.05, 0) is 42.5 Å². The first-order valence-corrected chi connectivity index (χ1v) is 6.35. The second-order valence-corrected chi connectivity index (χ2v) is 5.14. The molecule has 1 aliphatic rings. The van der Waals surface area contributed by atoms with Crippen LogP contribution in [0.25, 0.3) is 0 Å². The summed E-state index contributed by atoms with van der Waals surface area (Å²) in [5.74, 6) is -0.274. The molecule has 0 spiro atoms. The Labute approximate surface area is 107 Å². The molecule has 1 aromatic rings. The van der Waals surface area contributed by atoms with Crippen molar-refractivity contribution in [1.82, 2.24) is 5.32 Å². The first kappa shape index (κ1) is 13.0. The van der Waals surface area contributed by atoms with Crippen LogP contribution in [-0.4, -0.2) is 12.5 Å². The quantitative estimate of drug-likeness (QED) is 0.839. The molecule has 0 aliphatic heterocycles. The molecule has 18 heavy (non-hydrogen) atoms. The van der Waals surface area contributed by atoms with Gasteiger partial charge in [-0.1, -0.05) is 18.6 Å². The van der Waals surface area contributed by atoms with E-state index in [1.54, 1.807) is 12.1 Å². The smallest absolute Gasteiger partial charge is 0.220 e. The van der Waals surface area contributed by atoms with Crippen molar-refractivity contribution in [2.45, 2.75) is 32.2 Å². The Bertz CT molecular complexity index is 424. The predicted molar refractivity (Wildman–Crippen MR) is 68.2 cm³/mol. The van der Waals surface area contributed by atoms with Crippen molar-refractivity contribution in [2.24, 2.45) is 11.1 Å². The molecule has 2 rings (SSSR count). The number of hydrogen-bond donors (Lipinski definition) is 2. The number of benzene rings is 1. The van der Waals surface area contributed by atoms with Gasteiger partial charge in [0.1, 0.15) is 5.82 Å².